The molecule has 27 heavy (non-hydrogen) atoms. The molecule has 4 rings (SSSR count). The topological polar surface area (TPSA) is 57.8 Å². The molecule has 4 nitrogen and oxygen atoms in total. The maximum atomic E-state index is 12.4. The van der Waals surface area contributed by atoms with Crippen LogP contribution in [0.2, 0.25) is 5.02 Å². The predicted molar refractivity (Wildman–Crippen MR) is 111 cm³/mol. The van der Waals surface area contributed by atoms with Crippen LogP contribution in [0.15, 0.2) is 54.7 Å². The van der Waals surface area contributed by atoms with Crippen molar-refractivity contribution in [3.05, 3.63) is 75.9 Å². The number of aromatic amines is 1. The smallest absolute Gasteiger partial charge is 0.224 e. The van der Waals surface area contributed by atoms with E-state index in [0.717, 1.165) is 37.6 Å². The first-order valence-corrected chi connectivity index (χ1v) is 9.84. The van der Waals surface area contributed by atoms with Crippen molar-refractivity contribution in [3.63, 3.8) is 0 Å². The molecule has 2 aromatic heterocycles. The van der Waals surface area contributed by atoms with Crippen molar-refractivity contribution in [3.8, 4) is 10.6 Å². The summed E-state index contributed by atoms with van der Waals surface area (Å²) in [6.45, 7) is 2.42. The number of H-pyrrole nitrogens is 1. The van der Waals surface area contributed by atoms with E-state index < -0.39 is 0 Å². The first kappa shape index (κ1) is 17.8. The summed E-state index contributed by atoms with van der Waals surface area (Å²) in [5, 5.41) is 5.65. The molecule has 0 saturated heterocycles. The van der Waals surface area contributed by atoms with Crippen LogP contribution in [-0.2, 0) is 17.8 Å². The SMILES string of the molecule is Cc1nc(-c2ccccc2Cl)sc1CNC(=O)Cc1c[nH]c2ccccc12. The minimum absolute atomic E-state index is 0.00755. The fraction of sp³-hybridized carbons (Fsp3) is 0.143. The summed E-state index contributed by atoms with van der Waals surface area (Å²) in [7, 11) is 0. The second-order valence-corrected chi connectivity index (χ2v) is 7.81. The third-order valence-electron chi connectivity index (χ3n) is 4.47. The van der Waals surface area contributed by atoms with Gasteiger partial charge in [0.05, 0.1) is 23.7 Å². The van der Waals surface area contributed by atoms with Gasteiger partial charge in [-0.25, -0.2) is 4.98 Å². The van der Waals surface area contributed by atoms with E-state index in [1.54, 1.807) is 11.3 Å². The lowest BCUT2D eigenvalue weighted by Gasteiger charge is -2.04. The van der Waals surface area contributed by atoms with Gasteiger partial charge in [0.1, 0.15) is 5.01 Å². The number of carbonyl (C=O) groups excluding carboxylic acids is 1. The highest BCUT2D eigenvalue weighted by Gasteiger charge is 2.13. The zero-order valence-corrected chi connectivity index (χ0v) is 16.3. The molecule has 4 aromatic rings. The molecule has 6 heteroatoms. The van der Waals surface area contributed by atoms with Gasteiger partial charge in [-0.15, -0.1) is 11.3 Å². The normalized spacial score (nSPS) is 11.0. The highest BCUT2D eigenvalue weighted by molar-refractivity contribution is 7.15. The van der Waals surface area contributed by atoms with E-state index in [4.69, 9.17) is 11.6 Å². The van der Waals surface area contributed by atoms with Gasteiger partial charge in [-0.2, -0.15) is 0 Å². The number of aromatic nitrogens is 2. The number of nitrogens with zero attached hydrogens (tertiary/aromatic N) is 1. The molecule has 0 saturated carbocycles. The average Bonchev–Trinajstić information content (AvgIpc) is 3.24. The van der Waals surface area contributed by atoms with Crippen molar-refractivity contribution in [2.75, 3.05) is 0 Å². The van der Waals surface area contributed by atoms with Gasteiger partial charge in [0, 0.05) is 27.5 Å². The Balaban J connectivity index is 1.44. The van der Waals surface area contributed by atoms with Crippen LogP contribution in [0.5, 0.6) is 0 Å². The van der Waals surface area contributed by atoms with E-state index in [9.17, 15) is 4.79 Å². The number of aryl methyl sites for hydroxylation is 1. The largest absolute Gasteiger partial charge is 0.361 e. The van der Waals surface area contributed by atoms with Crippen LogP contribution < -0.4 is 5.32 Å². The molecule has 0 fully saturated rings. The molecular formula is C21H18ClN3OS. The fourth-order valence-corrected chi connectivity index (χ4v) is 4.36. The van der Waals surface area contributed by atoms with Gasteiger partial charge < -0.3 is 10.3 Å². The number of carbonyl (C=O) groups is 1. The highest BCUT2D eigenvalue weighted by Crippen LogP contribution is 2.32. The lowest BCUT2D eigenvalue weighted by molar-refractivity contribution is -0.120. The Morgan fingerprint density at radius 1 is 1.19 bits per heavy atom. The van der Waals surface area contributed by atoms with E-state index in [2.05, 4.69) is 15.3 Å². The van der Waals surface area contributed by atoms with Crippen LogP contribution in [0.25, 0.3) is 21.5 Å². The Morgan fingerprint density at radius 3 is 2.81 bits per heavy atom. The predicted octanol–water partition coefficient (Wildman–Crippen LogP) is 5.11. The van der Waals surface area contributed by atoms with E-state index in [0.29, 0.717) is 18.0 Å². The van der Waals surface area contributed by atoms with Gasteiger partial charge in [-0.05, 0) is 24.6 Å². The molecule has 2 heterocycles. The number of amides is 1. The summed E-state index contributed by atoms with van der Waals surface area (Å²) >= 11 is 7.83. The molecule has 0 bridgehead atoms. The number of halogens is 1. The van der Waals surface area contributed by atoms with Crippen molar-refractivity contribution in [2.45, 2.75) is 19.9 Å². The standard InChI is InChI=1S/C21H18ClN3OS/c1-13-19(27-21(25-13)16-7-2-4-8-17(16)22)12-24-20(26)10-14-11-23-18-9-5-3-6-15(14)18/h2-9,11,23H,10,12H2,1H3,(H,24,26). The van der Waals surface area contributed by atoms with Crippen LogP contribution in [0.1, 0.15) is 16.1 Å². The molecule has 0 aliphatic heterocycles. The Labute approximate surface area is 166 Å². The van der Waals surface area contributed by atoms with Gasteiger partial charge >= 0.3 is 0 Å². The molecule has 136 valence electrons. The molecule has 2 N–H and O–H groups in total. The maximum Gasteiger partial charge on any atom is 0.224 e. The summed E-state index contributed by atoms with van der Waals surface area (Å²) < 4.78 is 0. The summed E-state index contributed by atoms with van der Waals surface area (Å²) in [6, 6.07) is 15.7. The van der Waals surface area contributed by atoms with Crippen molar-refractivity contribution < 1.29 is 4.79 Å². The third-order valence-corrected chi connectivity index (χ3v) is 5.99. The molecule has 0 aliphatic carbocycles. The fourth-order valence-electron chi connectivity index (χ4n) is 3.03. The highest BCUT2D eigenvalue weighted by atomic mass is 35.5. The van der Waals surface area contributed by atoms with Gasteiger partial charge in [0.2, 0.25) is 5.91 Å². The second kappa shape index (κ2) is 7.55. The molecule has 0 atom stereocenters. The number of thiazole rings is 1. The van der Waals surface area contributed by atoms with E-state index in [1.807, 2.05) is 61.7 Å². The Hall–Kier alpha value is -2.63. The summed E-state index contributed by atoms with van der Waals surface area (Å²) in [4.78, 5) is 21.3. The Kier molecular flexibility index (Phi) is 4.97. The average molecular weight is 396 g/mol. The van der Waals surface area contributed by atoms with Crippen molar-refractivity contribution >= 4 is 39.7 Å². The minimum Gasteiger partial charge on any atom is -0.361 e. The Morgan fingerprint density at radius 2 is 1.96 bits per heavy atom. The van der Waals surface area contributed by atoms with Crippen molar-refractivity contribution in [1.82, 2.24) is 15.3 Å². The number of rotatable bonds is 5. The molecule has 0 spiro atoms. The summed E-state index contributed by atoms with van der Waals surface area (Å²) in [5.41, 5.74) is 3.88. The number of para-hydroxylation sites is 1. The lowest BCUT2D eigenvalue weighted by Crippen LogP contribution is -2.24. The molecule has 0 unspecified atom stereocenters. The summed E-state index contributed by atoms with van der Waals surface area (Å²) in [5.74, 6) is -0.00755. The van der Waals surface area contributed by atoms with E-state index in [1.165, 1.54) is 0 Å². The molecule has 0 radical (unpaired) electrons. The van der Waals surface area contributed by atoms with E-state index in [-0.39, 0.29) is 5.91 Å². The van der Waals surface area contributed by atoms with Crippen LogP contribution >= 0.6 is 22.9 Å². The Bertz CT molecular complexity index is 1120. The zero-order chi connectivity index (χ0) is 18.8. The molecule has 0 aliphatic rings. The van der Waals surface area contributed by atoms with Crippen molar-refractivity contribution in [1.29, 1.82) is 0 Å². The van der Waals surface area contributed by atoms with E-state index >= 15 is 0 Å². The van der Waals surface area contributed by atoms with Gasteiger partial charge in [-0.3, -0.25) is 4.79 Å². The quantitative estimate of drug-likeness (QED) is 0.493. The second-order valence-electron chi connectivity index (χ2n) is 6.32. The van der Waals surface area contributed by atoms with Crippen LogP contribution in [0, 0.1) is 6.92 Å². The first-order valence-electron chi connectivity index (χ1n) is 8.64. The van der Waals surface area contributed by atoms with Crippen LogP contribution in [0.4, 0.5) is 0 Å². The number of hydrogen-bond donors (Lipinski definition) is 2. The van der Waals surface area contributed by atoms with Crippen LogP contribution in [-0.4, -0.2) is 15.9 Å². The lowest BCUT2D eigenvalue weighted by atomic mass is 10.1. The molecule has 1 amide bonds. The number of hydrogen-bond acceptors (Lipinski definition) is 3. The third kappa shape index (κ3) is 3.75. The monoisotopic (exact) mass is 395 g/mol. The van der Waals surface area contributed by atoms with Gasteiger partial charge in [0.15, 0.2) is 0 Å². The minimum atomic E-state index is -0.00755. The number of nitrogens with one attached hydrogen (secondary N) is 2. The van der Waals surface area contributed by atoms with Gasteiger partial charge in [-0.1, -0.05) is 48.0 Å². The van der Waals surface area contributed by atoms with Crippen LogP contribution in [0.3, 0.4) is 0 Å². The van der Waals surface area contributed by atoms with Crippen molar-refractivity contribution in [2.24, 2.45) is 0 Å². The zero-order valence-electron chi connectivity index (χ0n) is 14.8. The summed E-state index contributed by atoms with van der Waals surface area (Å²) in [6.07, 6.45) is 2.25. The molecule has 2 aromatic carbocycles. The molecular weight excluding hydrogens is 378 g/mol. The first-order chi connectivity index (χ1) is 13.1. The number of benzene rings is 2. The van der Waals surface area contributed by atoms with Gasteiger partial charge in [0.25, 0.3) is 0 Å². The maximum absolute atomic E-state index is 12.4. The number of fused-ring (bicyclic) bond motifs is 1.